The Hall–Kier alpha value is -2.22. The van der Waals surface area contributed by atoms with Crippen LogP contribution in [0.3, 0.4) is 0 Å². The Labute approximate surface area is 160 Å². The van der Waals surface area contributed by atoms with E-state index in [1.807, 2.05) is 30.3 Å². The third-order valence-electron chi connectivity index (χ3n) is 4.49. The molecule has 0 bridgehead atoms. The van der Waals surface area contributed by atoms with Gasteiger partial charge in [0.2, 0.25) is 15.9 Å². The Bertz CT molecular complexity index is 935. The molecule has 0 radical (unpaired) electrons. The molecule has 0 aromatic heterocycles. The van der Waals surface area contributed by atoms with E-state index in [2.05, 4.69) is 10.0 Å². The predicted molar refractivity (Wildman–Crippen MR) is 106 cm³/mol. The van der Waals surface area contributed by atoms with Crippen molar-refractivity contribution in [3.05, 3.63) is 60.2 Å². The van der Waals surface area contributed by atoms with Crippen LogP contribution in [0.25, 0.3) is 0 Å². The first-order chi connectivity index (χ1) is 12.5. The van der Waals surface area contributed by atoms with Gasteiger partial charge in [0, 0.05) is 17.1 Å². The lowest BCUT2D eigenvalue weighted by molar-refractivity contribution is -0.118. The van der Waals surface area contributed by atoms with Gasteiger partial charge in [-0.1, -0.05) is 30.3 Å². The summed E-state index contributed by atoms with van der Waals surface area (Å²) >= 11 is 0. The molecule has 2 atom stereocenters. The number of amides is 1. The van der Waals surface area contributed by atoms with Crippen LogP contribution in [0.1, 0.15) is 38.7 Å². The quantitative estimate of drug-likeness (QED) is 0.734. The maximum Gasteiger partial charge on any atom is 0.245 e. The summed E-state index contributed by atoms with van der Waals surface area (Å²) in [5.41, 5.74) is 6.32. The van der Waals surface area contributed by atoms with E-state index in [1.54, 1.807) is 32.9 Å². The van der Waals surface area contributed by atoms with Gasteiger partial charge in [-0.3, -0.25) is 4.79 Å². The van der Waals surface area contributed by atoms with Crippen molar-refractivity contribution in [2.75, 3.05) is 5.32 Å². The highest BCUT2D eigenvalue weighted by Crippen LogP contribution is 2.49. The summed E-state index contributed by atoms with van der Waals surface area (Å²) in [6, 6.07) is 15.8. The Kier molecular flexibility index (Phi) is 4.88. The number of nitrogens with one attached hydrogen (secondary N) is 2. The molecule has 1 fully saturated rings. The van der Waals surface area contributed by atoms with Gasteiger partial charge in [0.15, 0.2) is 0 Å². The summed E-state index contributed by atoms with van der Waals surface area (Å²) in [7, 11) is -3.61. The molecule has 2 unspecified atom stereocenters. The van der Waals surface area contributed by atoms with Crippen LogP contribution in [0.5, 0.6) is 0 Å². The summed E-state index contributed by atoms with van der Waals surface area (Å²) < 4.78 is 27.3. The normalized spacial score (nSPS) is 22.3. The lowest BCUT2D eigenvalue weighted by Gasteiger charge is -2.20. The summed E-state index contributed by atoms with van der Waals surface area (Å²) in [6.45, 7) is 5.33. The number of benzene rings is 2. The van der Waals surface area contributed by atoms with Crippen molar-refractivity contribution >= 4 is 21.6 Å². The highest BCUT2D eigenvalue weighted by Gasteiger charge is 2.57. The number of sulfonamides is 1. The lowest BCUT2D eigenvalue weighted by Crippen LogP contribution is -2.40. The molecule has 0 spiro atoms. The van der Waals surface area contributed by atoms with Crippen molar-refractivity contribution in [2.24, 2.45) is 5.73 Å². The van der Waals surface area contributed by atoms with Crippen molar-refractivity contribution in [3.63, 3.8) is 0 Å². The molecule has 0 saturated heterocycles. The maximum atomic E-state index is 12.6. The average Bonchev–Trinajstić information content (AvgIpc) is 3.27. The molecule has 7 heteroatoms. The second-order valence-corrected chi connectivity index (χ2v) is 9.72. The van der Waals surface area contributed by atoms with Gasteiger partial charge in [-0.25, -0.2) is 13.1 Å². The smallest absolute Gasteiger partial charge is 0.245 e. The number of hydrogen-bond acceptors (Lipinski definition) is 4. The van der Waals surface area contributed by atoms with E-state index in [0.717, 1.165) is 5.56 Å². The molecule has 2 aromatic carbocycles. The van der Waals surface area contributed by atoms with Crippen LogP contribution in [-0.4, -0.2) is 25.4 Å². The molecule has 1 amide bonds. The van der Waals surface area contributed by atoms with Gasteiger partial charge in [-0.15, -0.1) is 0 Å². The number of nitrogens with two attached hydrogens (primary N) is 1. The van der Waals surface area contributed by atoms with E-state index >= 15 is 0 Å². The number of anilines is 1. The van der Waals surface area contributed by atoms with Crippen molar-refractivity contribution < 1.29 is 13.2 Å². The minimum Gasteiger partial charge on any atom is -0.324 e. The van der Waals surface area contributed by atoms with Gasteiger partial charge in [-0.05, 0) is 57.0 Å². The summed E-state index contributed by atoms with van der Waals surface area (Å²) in [4.78, 5) is 12.7. The summed E-state index contributed by atoms with van der Waals surface area (Å²) in [6.07, 6.45) is 0.588. The maximum absolute atomic E-state index is 12.6. The fourth-order valence-electron chi connectivity index (χ4n) is 3.06. The van der Waals surface area contributed by atoms with Crippen molar-refractivity contribution in [1.29, 1.82) is 0 Å². The van der Waals surface area contributed by atoms with Crippen LogP contribution < -0.4 is 15.8 Å². The van der Waals surface area contributed by atoms with E-state index in [4.69, 9.17) is 5.73 Å². The first-order valence-corrected chi connectivity index (χ1v) is 10.3. The fraction of sp³-hybridized carbons (Fsp3) is 0.350. The molecule has 1 aliphatic rings. The molecule has 0 heterocycles. The van der Waals surface area contributed by atoms with Crippen LogP contribution >= 0.6 is 0 Å². The topological polar surface area (TPSA) is 101 Å². The SMILES string of the molecule is CC(C)(C)NS(=O)(=O)c1ccc(NC(=O)C2(N)CC2c2ccccc2)cc1. The minimum absolute atomic E-state index is 0.00524. The van der Waals surface area contributed by atoms with E-state index < -0.39 is 21.1 Å². The van der Waals surface area contributed by atoms with E-state index in [1.165, 1.54) is 12.1 Å². The largest absolute Gasteiger partial charge is 0.324 e. The van der Waals surface area contributed by atoms with Crippen molar-refractivity contribution in [3.8, 4) is 0 Å². The molecule has 27 heavy (non-hydrogen) atoms. The molecule has 144 valence electrons. The Morgan fingerprint density at radius 2 is 1.67 bits per heavy atom. The van der Waals surface area contributed by atoms with E-state index in [-0.39, 0.29) is 16.7 Å². The van der Waals surface area contributed by atoms with Crippen LogP contribution in [0.2, 0.25) is 0 Å². The molecule has 3 rings (SSSR count). The zero-order valence-electron chi connectivity index (χ0n) is 15.7. The first-order valence-electron chi connectivity index (χ1n) is 8.81. The zero-order valence-corrected chi connectivity index (χ0v) is 16.5. The van der Waals surface area contributed by atoms with Gasteiger partial charge in [0.25, 0.3) is 0 Å². The third kappa shape index (κ3) is 4.37. The van der Waals surface area contributed by atoms with Gasteiger partial charge in [0.1, 0.15) is 5.54 Å². The molecular weight excluding hydrogens is 362 g/mol. The van der Waals surface area contributed by atoms with Crippen LogP contribution in [0, 0.1) is 0 Å². The zero-order chi connectivity index (χ0) is 19.9. The average molecular weight is 388 g/mol. The third-order valence-corrected chi connectivity index (χ3v) is 6.27. The van der Waals surface area contributed by atoms with Gasteiger partial charge < -0.3 is 11.1 Å². The highest BCUT2D eigenvalue weighted by atomic mass is 32.2. The Morgan fingerprint density at radius 1 is 1.07 bits per heavy atom. The number of carbonyl (C=O) groups excluding carboxylic acids is 1. The molecule has 0 aliphatic heterocycles. The molecule has 1 aliphatic carbocycles. The first kappa shape index (κ1) is 19.5. The second-order valence-electron chi connectivity index (χ2n) is 8.04. The Balaban J connectivity index is 1.68. The molecule has 6 nitrogen and oxygen atoms in total. The molecule has 1 saturated carbocycles. The fourth-order valence-corrected chi connectivity index (χ4v) is 4.48. The lowest BCUT2D eigenvalue weighted by atomic mass is 10.1. The standard InChI is InChI=1S/C20H25N3O3S/c1-19(2,3)23-27(25,26)16-11-9-15(10-12-16)22-18(24)20(21)13-17(20)14-7-5-4-6-8-14/h4-12,17,23H,13,21H2,1-3H3,(H,22,24). The minimum atomic E-state index is -3.61. The van der Waals surface area contributed by atoms with Gasteiger partial charge in [0.05, 0.1) is 4.90 Å². The van der Waals surface area contributed by atoms with E-state index in [0.29, 0.717) is 12.1 Å². The van der Waals surface area contributed by atoms with Gasteiger partial charge >= 0.3 is 0 Å². The second kappa shape index (κ2) is 6.74. The van der Waals surface area contributed by atoms with Crippen molar-refractivity contribution in [1.82, 2.24) is 4.72 Å². The summed E-state index contributed by atoms with van der Waals surface area (Å²) in [5, 5.41) is 2.79. The number of hydrogen-bond donors (Lipinski definition) is 3. The monoisotopic (exact) mass is 387 g/mol. The Morgan fingerprint density at radius 3 is 2.22 bits per heavy atom. The van der Waals surface area contributed by atoms with Crippen LogP contribution in [0.4, 0.5) is 5.69 Å². The van der Waals surface area contributed by atoms with Gasteiger partial charge in [-0.2, -0.15) is 0 Å². The van der Waals surface area contributed by atoms with E-state index in [9.17, 15) is 13.2 Å². The van der Waals surface area contributed by atoms with Crippen LogP contribution in [0.15, 0.2) is 59.5 Å². The van der Waals surface area contributed by atoms with Crippen molar-refractivity contribution in [2.45, 2.75) is 49.1 Å². The number of rotatable bonds is 5. The highest BCUT2D eigenvalue weighted by molar-refractivity contribution is 7.89. The van der Waals surface area contributed by atoms with Crippen LogP contribution in [-0.2, 0) is 14.8 Å². The predicted octanol–water partition coefficient (Wildman–Crippen LogP) is 2.59. The molecule has 2 aromatic rings. The summed E-state index contributed by atoms with van der Waals surface area (Å²) in [5.74, 6) is -0.269. The molecule has 4 N–H and O–H groups in total. The molecular formula is C20H25N3O3S. The number of carbonyl (C=O) groups is 1.